The highest BCUT2D eigenvalue weighted by Gasteiger charge is 2.21. The number of aromatic amines is 1. The SMILES string of the molecule is CC(C)(N)C(=O)NCc1nc(-c2ccc(Br)cc2)n[nH]1. The van der Waals surface area contributed by atoms with Gasteiger partial charge in [0.05, 0.1) is 12.1 Å². The van der Waals surface area contributed by atoms with Crippen LogP contribution in [-0.4, -0.2) is 26.6 Å². The van der Waals surface area contributed by atoms with Gasteiger partial charge in [-0.15, -0.1) is 0 Å². The molecule has 6 nitrogen and oxygen atoms in total. The first-order valence-corrected chi connectivity index (χ1v) is 6.90. The third kappa shape index (κ3) is 3.64. The van der Waals surface area contributed by atoms with Crippen molar-refractivity contribution in [1.82, 2.24) is 20.5 Å². The second-order valence-corrected chi connectivity index (χ2v) is 5.93. The number of H-pyrrole nitrogens is 1. The largest absolute Gasteiger partial charge is 0.347 e. The van der Waals surface area contributed by atoms with E-state index in [1.54, 1.807) is 13.8 Å². The molecule has 7 heteroatoms. The van der Waals surface area contributed by atoms with Crippen LogP contribution >= 0.6 is 15.9 Å². The van der Waals surface area contributed by atoms with Gasteiger partial charge in [0.1, 0.15) is 5.82 Å². The molecule has 106 valence electrons. The third-order valence-corrected chi connectivity index (χ3v) is 3.16. The van der Waals surface area contributed by atoms with Crippen LogP contribution in [0.3, 0.4) is 0 Å². The van der Waals surface area contributed by atoms with E-state index in [0.717, 1.165) is 10.0 Å². The number of benzene rings is 1. The lowest BCUT2D eigenvalue weighted by Crippen LogP contribution is -2.48. The maximum absolute atomic E-state index is 11.6. The number of nitrogens with one attached hydrogen (secondary N) is 2. The van der Waals surface area contributed by atoms with Crippen LogP contribution < -0.4 is 11.1 Å². The number of hydrogen-bond acceptors (Lipinski definition) is 4. The van der Waals surface area contributed by atoms with Crippen LogP contribution in [0.1, 0.15) is 19.7 Å². The number of carbonyl (C=O) groups excluding carboxylic acids is 1. The fourth-order valence-electron chi connectivity index (χ4n) is 1.49. The first-order chi connectivity index (χ1) is 9.36. The number of carbonyl (C=O) groups is 1. The highest BCUT2D eigenvalue weighted by Crippen LogP contribution is 2.18. The molecule has 1 aromatic heterocycles. The Hall–Kier alpha value is -1.73. The normalized spacial score (nSPS) is 11.4. The summed E-state index contributed by atoms with van der Waals surface area (Å²) in [6, 6.07) is 7.67. The van der Waals surface area contributed by atoms with Gasteiger partial charge in [-0.2, -0.15) is 5.10 Å². The quantitative estimate of drug-likeness (QED) is 0.789. The van der Waals surface area contributed by atoms with E-state index in [1.807, 2.05) is 24.3 Å². The minimum Gasteiger partial charge on any atom is -0.347 e. The molecule has 0 radical (unpaired) electrons. The molecular weight excluding hydrogens is 322 g/mol. The van der Waals surface area contributed by atoms with Crippen LogP contribution in [0.4, 0.5) is 0 Å². The number of amides is 1. The van der Waals surface area contributed by atoms with E-state index < -0.39 is 5.54 Å². The van der Waals surface area contributed by atoms with E-state index in [2.05, 4.69) is 36.4 Å². The zero-order valence-corrected chi connectivity index (χ0v) is 12.9. The van der Waals surface area contributed by atoms with E-state index in [9.17, 15) is 4.79 Å². The molecule has 0 aliphatic rings. The molecule has 1 heterocycles. The molecule has 0 saturated heterocycles. The summed E-state index contributed by atoms with van der Waals surface area (Å²) in [6.45, 7) is 3.56. The molecule has 2 rings (SSSR count). The lowest BCUT2D eigenvalue weighted by atomic mass is 10.1. The summed E-state index contributed by atoms with van der Waals surface area (Å²) in [6.07, 6.45) is 0. The maximum atomic E-state index is 11.6. The van der Waals surface area contributed by atoms with Gasteiger partial charge in [-0.25, -0.2) is 4.98 Å². The molecule has 1 aromatic carbocycles. The minimum absolute atomic E-state index is 0.237. The zero-order chi connectivity index (χ0) is 14.8. The molecule has 0 saturated carbocycles. The second-order valence-electron chi connectivity index (χ2n) is 5.02. The van der Waals surface area contributed by atoms with Gasteiger partial charge in [0.2, 0.25) is 5.91 Å². The predicted octanol–water partition coefficient (Wildman–Crippen LogP) is 1.59. The zero-order valence-electron chi connectivity index (χ0n) is 11.3. The minimum atomic E-state index is -0.908. The van der Waals surface area contributed by atoms with Crippen molar-refractivity contribution in [3.05, 3.63) is 34.6 Å². The fraction of sp³-hybridized carbons (Fsp3) is 0.308. The lowest BCUT2D eigenvalue weighted by Gasteiger charge is -2.16. The Morgan fingerprint density at radius 2 is 2.05 bits per heavy atom. The lowest BCUT2D eigenvalue weighted by molar-refractivity contribution is -0.125. The standard InChI is InChI=1S/C13H16BrN5O/c1-13(2,15)12(20)16-7-10-17-11(19-18-10)8-3-5-9(14)6-4-8/h3-6H,7,15H2,1-2H3,(H,16,20)(H,17,18,19). The maximum Gasteiger partial charge on any atom is 0.239 e. The topological polar surface area (TPSA) is 96.7 Å². The molecule has 0 unspecified atom stereocenters. The summed E-state index contributed by atoms with van der Waals surface area (Å²) in [5, 5.41) is 9.63. The molecule has 0 spiro atoms. The van der Waals surface area contributed by atoms with E-state index in [1.165, 1.54) is 0 Å². The Balaban J connectivity index is 2.03. The molecule has 2 aromatic rings. The Morgan fingerprint density at radius 3 is 2.65 bits per heavy atom. The van der Waals surface area contributed by atoms with Gasteiger partial charge in [0, 0.05) is 10.0 Å². The number of nitrogens with two attached hydrogens (primary N) is 1. The molecule has 4 N–H and O–H groups in total. The van der Waals surface area contributed by atoms with Gasteiger partial charge in [-0.3, -0.25) is 9.89 Å². The summed E-state index contributed by atoms with van der Waals surface area (Å²) in [5.74, 6) is 0.938. The van der Waals surface area contributed by atoms with Crippen molar-refractivity contribution in [2.75, 3.05) is 0 Å². The molecule has 0 atom stereocenters. The van der Waals surface area contributed by atoms with Crippen molar-refractivity contribution in [1.29, 1.82) is 0 Å². The molecule has 20 heavy (non-hydrogen) atoms. The first-order valence-electron chi connectivity index (χ1n) is 6.10. The molecule has 0 bridgehead atoms. The summed E-state index contributed by atoms with van der Waals surface area (Å²) in [5.41, 5.74) is 5.69. The van der Waals surface area contributed by atoms with E-state index in [0.29, 0.717) is 11.6 Å². The Morgan fingerprint density at radius 1 is 1.40 bits per heavy atom. The summed E-state index contributed by atoms with van der Waals surface area (Å²) in [7, 11) is 0. The van der Waals surface area contributed by atoms with Gasteiger partial charge in [0.15, 0.2) is 5.82 Å². The summed E-state index contributed by atoms with van der Waals surface area (Å²) >= 11 is 3.37. The predicted molar refractivity (Wildman–Crippen MR) is 79.6 cm³/mol. The highest BCUT2D eigenvalue weighted by atomic mass is 79.9. The smallest absolute Gasteiger partial charge is 0.239 e. The average molecular weight is 338 g/mol. The van der Waals surface area contributed by atoms with Crippen LogP contribution in [-0.2, 0) is 11.3 Å². The van der Waals surface area contributed by atoms with Gasteiger partial charge in [-0.05, 0) is 26.0 Å². The summed E-state index contributed by atoms with van der Waals surface area (Å²) < 4.78 is 0.995. The van der Waals surface area contributed by atoms with Crippen molar-refractivity contribution in [3.63, 3.8) is 0 Å². The monoisotopic (exact) mass is 337 g/mol. The summed E-state index contributed by atoms with van der Waals surface area (Å²) in [4.78, 5) is 16.0. The van der Waals surface area contributed by atoms with Gasteiger partial charge in [0.25, 0.3) is 0 Å². The Kier molecular flexibility index (Phi) is 4.20. The van der Waals surface area contributed by atoms with Crippen LogP contribution in [0.25, 0.3) is 11.4 Å². The molecular formula is C13H16BrN5O. The molecule has 0 aliphatic heterocycles. The average Bonchev–Trinajstić information content (AvgIpc) is 2.84. The van der Waals surface area contributed by atoms with Crippen LogP contribution in [0, 0.1) is 0 Å². The van der Waals surface area contributed by atoms with E-state index in [4.69, 9.17) is 5.73 Å². The Labute approximate surface area is 125 Å². The number of hydrogen-bond donors (Lipinski definition) is 3. The van der Waals surface area contributed by atoms with Crippen molar-refractivity contribution in [2.45, 2.75) is 25.9 Å². The van der Waals surface area contributed by atoms with Crippen LogP contribution in [0.5, 0.6) is 0 Å². The molecule has 0 aliphatic carbocycles. The van der Waals surface area contributed by atoms with Crippen LogP contribution in [0.15, 0.2) is 28.7 Å². The van der Waals surface area contributed by atoms with Crippen molar-refractivity contribution in [2.24, 2.45) is 5.73 Å². The molecule has 1 amide bonds. The third-order valence-electron chi connectivity index (χ3n) is 2.64. The first kappa shape index (κ1) is 14.7. The number of aromatic nitrogens is 3. The number of rotatable bonds is 4. The highest BCUT2D eigenvalue weighted by molar-refractivity contribution is 9.10. The van der Waals surface area contributed by atoms with Crippen LogP contribution in [0.2, 0.25) is 0 Å². The Bertz CT molecular complexity index is 600. The van der Waals surface area contributed by atoms with E-state index >= 15 is 0 Å². The van der Waals surface area contributed by atoms with Gasteiger partial charge < -0.3 is 11.1 Å². The second kappa shape index (κ2) is 5.72. The van der Waals surface area contributed by atoms with Crippen molar-refractivity contribution < 1.29 is 4.79 Å². The van der Waals surface area contributed by atoms with Crippen molar-refractivity contribution in [3.8, 4) is 11.4 Å². The number of halogens is 1. The molecule has 0 fully saturated rings. The number of nitrogens with zero attached hydrogens (tertiary/aromatic N) is 2. The van der Waals surface area contributed by atoms with Gasteiger partial charge in [-0.1, -0.05) is 28.1 Å². The van der Waals surface area contributed by atoms with Crippen molar-refractivity contribution >= 4 is 21.8 Å². The van der Waals surface area contributed by atoms with E-state index in [-0.39, 0.29) is 12.5 Å². The fourth-order valence-corrected chi connectivity index (χ4v) is 1.76. The van der Waals surface area contributed by atoms with Gasteiger partial charge >= 0.3 is 0 Å².